The predicted molar refractivity (Wildman–Crippen MR) is 53.5 cm³/mol. The largest absolute Gasteiger partial charge is 0.512 e. The van der Waals surface area contributed by atoms with Crippen molar-refractivity contribution in [3.8, 4) is 0 Å². The molecule has 1 saturated heterocycles. The van der Waals surface area contributed by atoms with Crippen molar-refractivity contribution in [1.82, 2.24) is 4.90 Å². The maximum atomic E-state index is 9.22. The number of hydrogen-bond donors (Lipinski definition) is 1. The molecule has 0 amide bonds. The van der Waals surface area contributed by atoms with Gasteiger partial charge in [0.1, 0.15) is 0 Å². The van der Waals surface area contributed by atoms with E-state index in [0.29, 0.717) is 5.76 Å². The van der Waals surface area contributed by atoms with Crippen molar-refractivity contribution in [3.63, 3.8) is 0 Å². The van der Waals surface area contributed by atoms with Gasteiger partial charge in [-0.2, -0.15) is 0 Å². The first kappa shape index (κ1) is 8.67. The second-order valence-corrected chi connectivity index (χ2v) is 3.86. The van der Waals surface area contributed by atoms with Gasteiger partial charge in [-0.1, -0.05) is 0 Å². The first-order valence-corrected chi connectivity index (χ1v) is 5.20. The molecule has 13 heavy (non-hydrogen) atoms. The van der Waals surface area contributed by atoms with E-state index in [4.69, 9.17) is 0 Å². The number of rotatable bonds is 1. The summed E-state index contributed by atoms with van der Waals surface area (Å²) in [5.74, 6) is 0.528. The van der Waals surface area contributed by atoms with E-state index in [1.165, 1.54) is 38.0 Å². The third kappa shape index (κ3) is 2.06. The lowest BCUT2D eigenvalue weighted by molar-refractivity contribution is 0.270. The van der Waals surface area contributed by atoms with Gasteiger partial charge in [0.25, 0.3) is 0 Å². The summed E-state index contributed by atoms with van der Waals surface area (Å²) < 4.78 is 0. The smallest absolute Gasteiger partial charge is 0.0927 e. The number of nitrogens with zero attached hydrogens (tertiary/aromatic N) is 1. The van der Waals surface area contributed by atoms with Crippen LogP contribution in [-0.2, 0) is 0 Å². The van der Waals surface area contributed by atoms with Crippen LogP contribution < -0.4 is 0 Å². The Bertz CT molecular complexity index is 236. The minimum Gasteiger partial charge on any atom is -0.512 e. The summed E-state index contributed by atoms with van der Waals surface area (Å²) in [5.41, 5.74) is 1.41. The highest BCUT2D eigenvalue weighted by Crippen LogP contribution is 2.22. The van der Waals surface area contributed by atoms with Crippen molar-refractivity contribution in [2.45, 2.75) is 32.1 Å². The van der Waals surface area contributed by atoms with Crippen molar-refractivity contribution in [2.24, 2.45) is 0 Å². The number of piperidine rings is 1. The molecule has 0 aromatic heterocycles. The normalized spacial score (nSPS) is 23.8. The summed E-state index contributed by atoms with van der Waals surface area (Å²) in [6, 6.07) is 0. The van der Waals surface area contributed by atoms with E-state index in [9.17, 15) is 5.11 Å². The molecule has 1 heterocycles. The molecule has 72 valence electrons. The van der Waals surface area contributed by atoms with Gasteiger partial charge in [0.05, 0.1) is 5.76 Å². The van der Waals surface area contributed by atoms with Crippen LogP contribution in [-0.4, -0.2) is 23.1 Å². The van der Waals surface area contributed by atoms with Gasteiger partial charge in [-0.15, -0.1) is 0 Å². The lowest BCUT2D eigenvalue weighted by Gasteiger charge is -2.32. The Morgan fingerprint density at radius 3 is 2.38 bits per heavy atom. The Kier molecular flexibility index (Phi) is 2.57. The van der Waals surface area contributed by atoms with Gasteiger partial charge in [0.15, 0.2) is 0 Å². The Hall–Kier alpha value is -0.920. The Morgan fingerprint density at radius 1 is 1.00 bits per heavy atom. The summed E-state index contributed by atoms with van der Waals surface area (Å²) in [6.07, 6.45) is 9.78. The molecular weight excluding hydrogens is 162 g/mol. The first-order chi connectivity index (χ1) is 6.36. The van der Waals surface area contributed by atoms with Crippen LogP contribution in [0.1, 0.15) is 32.1 Å². The van der Waals surface area contributed by atoms with Crippen LogP contribution in [0.4, 0.5) is 0 Å². The molecule has 0 atom stereocenters. The fourth-order valence-corrected chi connectivity index (χ4v) is 2.06. The maximum absolute atomic E-state index is 9.22. The topological polar surface area (TPSA) is 23.5 Å². The standard InChI is InChI=1S/C11H17NO/c13-11-6-4-10(5-7-11)12-8-2-1-3-9-12/h4,6,13H,1-3,5,7-9H2. The predicted octanol–water partition coefficient (Wildman–Crippen LogP) is 2.59. The molecule has 2 aliphatic rings. The first-order valence-electron chi connectivity index (χ1n) is 5.20. The number of allylic oxidation sites excluding steroid dienone is 4. The zero-order valence-electron chi connectivity index (χ0n) is 8.00. The van der Waals surface area contributed by atoms with E-state index in [0.717, 1.165) is 12.8 Å². The Morgan fingerprint density at radius 2 is 1.77 bits per heavy atom. The minimum atomic E-state index is 0.528. The van der Waals surface area contributed by atoms with Crippen LogP contribution in [0.5, 0.6) is 0 Å². The van der Waals surface area contributed by atoms with Crippen molar-refractivity contribution in [3.05, 3.63) is 23.6 Å². The SMILES string of the molecule is OC1=CC=C(N2CCCCC2)CC1. The highest BCUT2D eigenvalue weighted by Gasteiger charge is 2.14. The summed E-state index contributed by atoms with van der Waals surface area (Å²) in [7, 11) is 0. The van der Waals surface area contributed by atoms with Gasteiger partial charge >= 0.3 is 0 Å². The third-order valence-corrected chi connectivity index (χ3v) is 2.87. The summed E-state index contributed by atoms with van der Waals surface area (Å²) in [4.78, 5) is 2.46. The average Bonchev–Trinajstić information content (AvgIpc) is 2.20. The van der Waals surface area contributed by atoms with Crippen molar-refractivity contribution in [2.75, 3.05) is 13.1 Å². The van der Waals surface area contributed by atoms with Gasteiger partial charge in [-0.3, -0.25) is 0 Å². The van der Waals surface area contributed by atoms with Gasteiger partial charge in [-0.05, 0) is 37.8 Å². The van der Waals surface area contributed by atoms with Crippen LogP contribution in [0.25, 0.3) is 0 Å². The van der Waals surface area contributed by atoms with Gasteiger partial charge < -0.3 is 10.0 Å². The second kappa shape index (κ2) is 3.86. The zero-order chi connectivity index (χ0) is 9.10. The third-order valence-electron chi connectivity index (χ3n) is 2.87. The lowest BCUT2D eigenvalue weighted by atomic mass is 10.0. The molecule has 0 spiro atoms. The van der Waals surface area contributed by atoms with E-state index >= 15 is 0 Å². The number of likely N-dealkylation sites (tertiary alicyclic amines) is 1. The molecule has 0 saturated carbocycles. The molecule has 0 unspecified atom stereocenters. The number of aliphatic hydroxyl groups excluding tert-OH is 1. The average molecular weight is 179 g/mol. The summed E-state index contributed by atoms with van der Waals surface area (Å²) in [5, 5.41) is 9.22. The molecule has 1 aliphatic carbocycles. The number of hydrogen-bond acceptors (Lipinski definition) is 2. The second-order valence-electron chi connectivity index (χ2n) is 3.86. The quantitative estimate of drug-likeness (QED) is 0.668. The summed E-state index contributed by atoms with van der Waals surface area (Å²) in [6.45, 7) is 2.42. The molecule has 2 rings (SSSR count). The van der Waals surface area contributed by atoms with Crippen molar-refractivity contribution < 1.29 is 5.11 Å². The molecule has 1 N–H and O–H groups in total. The van der Waals surface area contributed by atoms with E-state index in [2.05, 4.69) is 11.0 Å². The molecule has 2 heteroatoms. The highest BCUT2D eigenvalue weighted by molar-refractivity contribution is 5.19. The van der Waals surface area contributed by atoms with E-state index in [1.54, 1.807) is 0 Å². The summed E-state index contributed by atoms with van der Waals surface area (Å²) >= 11 is 0. The van der Waals surface area contributed by atoms with Crippen LogP contribution in [0, 0.1) is 0 Å². The Balaban J connectivity index is 1.99. The molecule has 2 nitrogen and oxygen atoms in total. The van der Waals surface area contributed by atoms with Gasteiger partial charge in [-0.25, -0.2) is 0 Å². The van der Waals surface area contributed by atoms with Crippen molar-refractivity contribution >= 4 is 0 Å². The maximum Gasteiger partial charge on any atom is 0.0927 e. The molecule has 0 radical (unpaired) electrons. The molecule has 0 aromatic carbocycles. The number of aliphatic hydroxyl groups is 1. The minimum absolute atomic E-state index is 0.528. The van der Waals surface area contributed by atoms with Crippen LogP contribution in [0.3, 0.4) is 0 Å². The molecule has 1 fully saturated rings. The van der Waals surface area contributed by atoms with Crippen LogP contribution in [0.2, 0.25) is 0 Å². The molecule has 0 bridgehead atoms. The van der Waals surface area contributed by atoms with Crippen molar-refractivity contribution in [1.29, 1.82) is 0 Å². The zero-order valence-corrected chi connectivity index (χ0v) is 8.00. The molecule has 0 aromatic rings. The molecular formula is C11H17NO. The molecule has 1 aliphatic heterocycles. The monoisotopic (exact) mass is 179 g/mol. The van der Waals surface area contributed by atoms with Crippen LogP contribution in [0.15, 0.2) is 23.6 Å². The van der Waals surface area contributed by atoms with Crippen LogP contribution >= 0.6 is 0 Å². The van der Waals surface area contributed by atoms with E-state index < -0.39 is 0 Å². The van der Waals surface area contributed by atoms with Gasteiger partial charge in [0.2, 0.25) is 0 Å². The lowest BCUT2D eigenvalue weighted by Crippen LogP contribution is -2.29. The van der Waals surface area contributed by atoms with E-state index in [1.807, 2.05) is 6.08 Å². The van der Waals surface area contributed by atoms with Gasteiger partial charge in [0, 0.05) is 25.2 Å². The van der Waals surface area contributed by atoms with E-state index in [-0.39, 0.29) is 0 Å². The fourth-order valence-electron chi connectivity index (χ4n) is 2.06. The highest BCUT2D eigenvalue weighted by atomic mass is 16.3. The fraction of sp³-hybridized carbons (Fsp3) is 0.636. The Labute approximate surface area is 79.6 Å².